The van der Waals surface area contributed by atoms with Gasteiger partial charge in [0.2, 0.25) is 5.96 Å². The Bertz CT molecular complexity index is 131. The summed E-state index contributed by atoms with van der Waals surface area (Å²) in [5, 5.41) is 7.21. The predicted octanol–water partition coefficient (Wildman–Crippen LogP) is 0.964. The molecule has 0 rings (SSSR count). The summed E-state index contributed by atoms with van der Waals surface area (Å²) in [5.41, 5.74) is 0.911. The van der Waals surface area contributed by atoms with E-state index in [-0.39, 0.29) is 0 Å². The third kappa shape index (κ3) is 3.70. The maximum Gasteiger partial charge on any atom is 0.217 e. The van der Waals surface area contributed by atoms with Gasteiger partial charge in [-0.2, -0.15) is 0 Å². The van der Waals surface area contributed by atoms with Gasteiger partial charge in [-0.25, -0.2) is 4.99 Å². The molecule has 0 unspecified atom stereocenters. The molecule has 52 valence electrons. The standard InChI is InChI=1S/C6H13N3/c1-5(2)8-6(7)9(3)4/h7H,1-4H3. The summed E-state index contributed by atoms with van der Waals surface area (Å²) in [6, 6.07) is 0. The Kier molecular flexibility index (Phi) is 2.91. The average molecular weight is 127 g/mol. The Labute approximate surface area is 55.9 Å². The fourth-order valence-electron chi connectivity index (χ4n) is 0.312. The van der Waals surface area contributed by atoms with Gasteiger partial charge < -0.3 is 4.90 Å². The predicted molar refractivity (Wildman–Crippen MR) is 40.2 cm³/mol. The number of nitrogens with one attached hydrogen (secondary N) is 1. The molecular formula is C6H13N3. The van der Waals surface area contributed by atoms with E-state index in [1.165, 1.54) is 0 Å². The van der Waals surface area contributed by atoms with Gasteiger partial charge in [0.05, 0.1) is 0 Å². The smallest absolute Gasteiger partial charge is 0.217 e. The van der Waals surface area contributed by atoms with E-state index in [1.54, 1.807) is 19.0 Å². The van der Waals surface area contributed by atoms with E-state index in [2.05, 4.69) is 4.99 Å². The molecular weight excluding hydrogens is 114 g/mol. The van der Waals surface area contributed by atoms with Crippen LogP contribution in [0.2, 0.25) is 0 Å². The summed E-state index contributed by atoms with van der Waals surface area (Å²) < 4.78 is 0. The van der Waals surface area contributed by atoms with E-state index in [0.717, 1.165) is 5.71 Å². The number of guanidine groups is 1. The molecule has 9 heavy (non-hydrogen) atoms. The first kappa shape index (κ1) is 8.14. The average Bonchev–Trinajstić information content (AvgIpc) is 1.63. The third-order valence-corrected chi connectivity index (χ3v) is 0.753. The molecule has 0 aliphatic rings. The topological polar surface area (TPSA) is 39.5 Å². The SMILES string of the molecule is CC(C)=NC(=N)N(C)C. The Morgan fingerprint density at radius 1 is 1.33 bits per heavy atom. The lowest BCUT2D eigenvalue weighted by Gasteiger charge is -2.07. The molecule has 0 aromatic carbocycles. The first-order valence-electron chi connectivity index (χ1n) is 2.82. The molecule has 0 fully saturated rings. The van der Waals surface area contributed by atoms with Crippen LogP contribution in [-0.2, 0) is 0 Å². The Balaban J connectivity index is 3.93. The zero-order chi connectivity index (χ0) is 7.44. The highest BCUT2D eigenvalue weighted by molar-refractivity contribution is 5.92. The summed E-state index contributed by atoms with van der Waals surface area (Å²) in [6.07, 6.45) is 0. The van der Waals surface area contributed by atoms with Gasteiger partial charge >= 0.3 is 0 Å². The molecule has 0 aromatic heterocycles. The lowest BCUT2D eigenvalue weighted by atomic mass is 10.5. The van der Waals surface area contributed by atoms with Gasteiger partial charge in [-0.3, -0.25) is 5.41 Å². The third-order valence-electron chi connectivity index (χ3n) is 0.753. The highest BCUT2D eigenvalue weighted by Gasteiger charge is 1.92. The quantitative estimate of drug-likeness (QED) is 0.382. The van der Waals surface area contributed by atoms with Crippen LogP contribution in [0.3, 0.4) is 0 Å². The van der Waals surface area contributed by atoms with Gasteiger partial charge in [0.1, 0.15) is 0 Å². The van der Waals surface area contributed by atoms with E-state index in [9.17, 15) is 0 Å². The van der Waals surface area contributed by atoms with Crippen LogP contribution in [0.5, 0.6) is 0 Å². The van der Waals surface area contributed by atoms with Gasteiger partial charge in [0.25, 0.3) is 0 Å². The van der Waals surface area contributed by atoms with Crippen molar-refractivity contribution in [2.24, 2.45) is 4.99 Å². The van der Waals surface area contributed by atoms with Gasteiger partial charge in [0.15, 0.2) is 0 Å². The minimum Gasteiger partial charge on any atom is -0.347 e. The van der Waals surface area contributed by atoms with Crippen molar-refractivity contribution in [3.63, 3.8) is 0 Å². The normalized spacial score (nSPS) is 8.44. The van der Waals surface area contributed by atoms with Gasteiger partial charge in [0, 0.05) is 19.8 Å². The molecule has 0 aliphatic carbocycles. The van der Waals surface area contributed by atoms with Crippen LogP contribution in [0.25, 0.3) is 0 Å². The first-order chi connectivity index (χ1) is 4.04. The Morgan fingerprint density at radius 2 is 1.78 bits per heavy atom. The van der Waals surface area contributed by atoms with E-state index in [4.69, 9.17) is 5.41 Å². The summed E-state index contributed by atoms with van der Waals surface area (Å²) in [6.45, 7) is 3.75. The van der Waals surface area contributed by atoms with Crippen molar-refractivity contribution in [2.45, 2.75) is 13.8 Å². The molecule has 0 amide bonds. The molecule has 0 aliphatic heterocycles. The fourth-order valence-corrected chi connectivity index (χ4v) is 0.312. The number of nitrogens with zero attached hydrogens (tertiary/aromatic N) is 2. The second kappa shape index (κ2) is 3.22. The van der Waals surface area contributed by atoms with Crippen LogP contribution >= 0.6 is 0 Å². The summed E-state index contributed by atoms with van der Waals surface area (Å²) in [7, 11) is 3.60. The molecule has 0 saturated carbocycles. The molecule has 0 spiro atoms. The summed E-state index contributed by atoms with van der Waals surface area (Å²) in [4.78, 5) is 5.56. The van der Waals surface area contributed by atoms with Gasteiger partial charge in [-0.05, 0) is 13.8 Å². The molecule has 1 N–H and O–H groups in total. The number of aliphatic imine (C=N–C) groups is 1. The largest absolute Gasteiger partial charge is 0.347 e. The molecule has 0 aromatic rings. The molecule has 3 heteroatoms. The van der Waals surface area contributed by atoms with Crippen molar-refractivity contribution in [3.05, 3.63) is 0 Å². The van der Waals surface area contributed by atoms with Gasteiger partial charge in [-0.15, -0.1) is 0 Å². The Hall–Kier alpha value is -0.860. The zero-order valence-corrected chi connectivity index (χ0v) is 6.39. The van der Waals surface area contributed by atoms with Crippen LogP contribution in [0.4, 0.5) is 0 Å². The van der Waals surface area contributed by atoms with Crippen LogP contribution in [-0.4, -0.2) is 30.7 Å². The number of hydrogen-bond acceptors (Lipinski definition) is 1. The second-order valence-electron chi connectivity index (χ2n) is 2.28. The van der Waals surface area contributed by atoms with E-state index in [0.29, 0.717) is 5.96 Å². The second-order valence-corrected chi connectivity index (χ2v) is 2.28. The zero-order valence-electron chi connectivity index (χ0n) is 6.39. The van der Waals surface area contributed by atoms with E-state index in [1.807, 2.05) is 13.8 Å². The minimum atomic E-state index is 0.301. The van der Waals surface area contributed by atoms with E-state index >= 15 is 0 Å². The highest BCUT2D eigenvalue weighted by atomic mass is 15.2. The summed E-state index contributed by atoms with van der Waals surface area (Å²) in [5.74, 6) is 0.301. The lowest BCUT2D eigenvalue weighted by Crippen LogP contribution is -2.19. The maximum absolute atomic E-state index is 7.21. The molecule has 0 bridgehead atoms. The van der Waals surface area contributed by atoms with Crippen LogP contribution in [0.1, 0.15) is 13.8 Å². The van der Waals surface area contributed by atoms with Crippen molar-refractivity contribution in [3.8, 4) is 0 Å². The van der Waals surface area contributed by atoms with Crippen molar-refractivity contribution in [1.82, 2.24) is 4.90 Å². The molecule has 0 heterocycles. The maximum atomic E-state index is 7.21. The molecule has 3 nitrogen and oxygen atoms in total. The monoisotopic (exact) mass is 127 g/mol. The fraction of sp³-hybridized carbons (Fsp3) is 0.667. The van der Waals surface area contributed by atoms with Gasteiger partial charge in [-0.1, -0.05) is 0 Å². The van der Waals surface area contributed by atoms with E-state index < -0.39 is 0 Å². The molecule has 0 atom stereocenters. The Morgan fingerprint density at radius 3 is 1.89 bits per heavy atom. The van der Waals surface area contributed by atoms with Crippen molar-refractivity contribution in [1.29, 1.82) is 5.41 Å². The van der Waals surface area contributed by atoms with Crippen molar-refractivity contribution >= 4 is 11.7 Å². The van der Waals surface area contributed by atoms with Crippen LogP contribution in [0.15, 0.2) is 4.99 Å². The van der Waals surface area contributed by atoms with Crippen molar-refractivity contribution in [2.75, 3.05) is 14.1 Å². The minimum absolute atomic E-state index is 0.301. The number of rotatable bonds is 0. The van der Waals surface area contributed by atoms with Crippen LogP contribution in [0, 0.1) is 5.41 Å². The number of hydrogen-bond donors (Lipinski definition) is 1. The highest BCUT2D eigenvalue weighted by Crippen LogP contribution is 1.82. The van der Waals surface area contributed by atoms with Crippen molar-refractivity contribution < 1.29 is 0 Å². The molecule has 0 saturated heterocycles. The van der Waals surface area contributed by atoms with Crippen LogP contribution < -0.4 is 0 Å². The first-order valence-corrected chi connectivity index (χ1v) is 2.82. The molecule has 0 radical (unpaired) electrons. The lowest BCUT2D eigenvalue weighted by molar-refractivity contribution is 0.610. The summed E-state index contributed by atoms with van der Waals surface area (Å²) >= 11 is 0.